The van der Waals surface area contributed by atoms with Crippen molar-refractivity contribution < 1.29 is 9.59 Å². The van der Waals surface area contributed by atoms with Gasteiger partial charge in [-0.3, -0.25) is 4.79 Å². The average Bonchev–Trinajstić information content (AvgIpc) is 3.26. The van der Waals surface area contributed by atoms with E-state index in [0.717, 1.165) is 11.1 Å². The summed E-state index contributed by atoms with van der Waals surface area (Å²) >= 11 is 0. The van der Waals surface area contributed by atoms with Gasteiger partial charge >= 0.3 is 6.03 Å². The number of nitrogens with one attached hydrogen (secondary N) is 2. The first-order valence-corrected chi connectivity index (χ1v) is 8.66. The lowest BCUT2D eigenvalue weighted by Gasteiger charge is -2.18. The normalized spacial score (nSPS) is 16.6. The fourth-order valence-electron chi connectivity index (χ4n) is 2.97. The molecule has 0 radical (unpaired) electrons. The second kappa shape index (κ2) is 7.51. The second-order valence-electron chi connectivity index (χ2n) is 6.39. The minimum Gasteiger partial charge on any atom is -0.356 e. The number of nitrogens with zero attached hydrogens (tertiary/aromatic N) is 5. The van der Waals surface area contributed by atoms with Gasteiger partial charge in [-0.2, -0.15) is 4.80 Å². The maximum Gasteiger partial charge on any atom is 0.321 e. The Morgan fingerprint density at radius 3 is 2.85 bits per heavy atom. The van der Waals surface area contributed by atoms with Crippen LogP contribution in [0, 0.1) is 12.8 Å². The molecule has 9 heteroatoms. The molecule has 1 aliphatic heterocycles. The van der Waals surface area contributed by atoms with Crippen molar-refractivity contribution in [1.82, 2.24) is 30.4 Å². The fraction of sp³-hybridized carbons (Fsp3) is 0.471. The van der Waals surface area contributed by atoms with Gasteiger partial charge in [0.2, 0.25) is 11.7 Å². The number of carbonyl (C=O) groups is 2. The van der Waals surface area contributed by atoms with Gasteiger partial charge in [0.15, 0.2) is 0 Å². The second-order valence-corrected chi connectivity index (χ2v) is 6.39. The zero-order chi connectivity index (χ0) is 18.7. The highest BCUT2D eigenvalue weighted by Crippen LogP contribution is 2.24. The lowest BCUT2D eigenvalue weighted by atomic mass is 10.1. The third-order valence-corrected chi connectivity index (χ3v) is 4.44. The molecule has 2 aromatic rings. The van der Waals surface area contributed by atoms with E-state index in [4.69, 9.17) is 0 Å². The minimum atomic E-state index is -0.204. The topological polar surface area (TPSA) is 105 Å². The SMILES string of the molecule is CCNC(=O)C1CCN(C(=O)Nc2cc(-c3nnn(C)n3)ccc2C)C1. The van der Waals surface area contributed by atoms with Gasteiger partial charge < -0.3 is 15.5 Å². The Labute approximate surface area is 151 Å². The summed E-state index contributed by atoms with van der Waals surface area (Å²) in [6.45, 7) is 5.41. The molecular weight excluding hydrogens is 334 g/mol. The van der Waals surface area contributed by atoms with Crippen molar-refractivity contribution in [3.8, 4) is 11.4 Å². The molecule has 1 unspecified atom stereocenters. The molecule has 1 aromatic carbocycles. The largest absolute Gasteiger partial charge is 0.356 e. The van der Waals surface area contributed by atoms with E-state index < -0.39 is 0 Å². The van der Waals surface area contributed by atoms with E-state index >= 15 is 0 Å². The number of benzene rings is 1. The first-order valence-electron chi connectivity index (χ1n) is 8.66. The molecule has 138 valence electrons. The number of hydrogen-bond donors (Lipinski definition) is 2. The molecule has 1 atom stereocenters. The van der Waals surface area contributed by atoms with Crippen LogP contribution in [-0.2, 0) is 11.8 Å². The molecule has 9 nitrogen and oxygen atoms in total. The number of likely N-dealkylation sites (tertiary alicyclic amines) is 1. The Hall–Kier alpha value is -2.97. The lowest BCUT2D eigenvalue weighted by molar-refractivity contribution is -0.124. The van der Waals surface area contributed by atoms with Crippen molar-refractivity contribution in [3.05, 3.63) is 23.8 Å². The van der Waals surface area contributed by atoms with Crippen molar-refractivity contribution in [1.29, 1.82) is 0 Å². The highest BCUT2D eigenvalue weighted by molar-refractivity contribution is 5.92. The lowest BCUT2D eigenvalue weighted by Crippen LogP contribution is -2.36. The van der Waals surface area contributed by atoms with Crippen molar-refractivity contribution in [2.45, 2.75) is 20.3 Å². The number of tetrazole rings is 1. The molecule has 1 fully saturated rings. The molecule has 3 rings (SSSR count). The molecule has 1 aromatic heterocycles. The van der Waals surface area contributed by atoms with Gasteiger partial charge in [0.05, 0.1) is 13.0 Å². The van der Waals surface area contributed by atoms with Crippen molar-refractivity contribution in [2.24, 2.45) is 13.0 Å². The summed E-state index contributed by atoms with van der Waals surface area (Å²) in [5.74, 6) is 0.368. The summed E-state index contributed by atoms with van der Waals surface area (Å²) in [5, 5.41) is 17.8. The molecule has 1 aliphatic rings. The van der Waals surface area contributed by atoms with Crippen LogP contribution in [-0.4, -0.2) is 56.7 Å². The Bertz CT molecular complexity index is 817. The van der Waals surface area contributed by atoms with Gasteiger partial charge in [-0.05, 0) is 37.1 Å². The monoisotopic (exact) mass is 357 g/mol. The van der Waals surface area contributed by atoms with Gasteiger partial charge in [0, 0.05) is 30.9 Å². The molecule has 0 bridgehead atoms. The summed E-state index contributed by atoms with van der Waals surface area (Å²) in [4.78, 5) is 27.6. The number of aromatic nitrogens is 4. The first kappa shape index (κ1) is 17.8. The maximum atomic E-state index is 12.6. The molecule has 0 saturated carbocycles. The molecular formula is C17H23N7O2. The number of hydrogen-bond acceptors (Lipinski definition) is 5. The number of urea groups is 1. The van der Waals surface area contributed by atoms with Crippen LogP contribution in [0.25, 0.3) is 11.4 Å². The third-order valence-electron chi connectivity index (χ3n) is 4.44. The number of anilines is 1. The van der Waals surface area contributed by atoms with E-state index in [9.17, 15) is 9.59 Å². The summed E-state index contributed by atoms with van der Waals surface area (Å²) in [5.41, 5.74) is 2.41. The van der Waals surface area contributed by atoms with Crippen LogP contribution in [0.15, 0.2) is 18.2 Å². The van der Waals surface area contributed by atoms with Gasteiger partial charge in [0.1, 0.15) is 0 Å². The number of aryl methyl sites for hydroxylation is 2. The maximum absolute atomic E-state index is 12.6. The van der Waals surface area contributed by atoms with Gasteiger partial charge in [-0.1, -0.05) is 12.1 Å². The number of rotatable bonds is 4. The smallest absolute Gasteiger partial charge is 0.321 e. The van der Waals surface area contributed by atoms with Crippen LogP contribution >= 0.6 is 0 Å². The quantitative estimate of drug-likeness (QED) is 0.855. The average molecular weight is 357 g/mol. The Morgan fingerprint density at radius 1 is 1.35 bits per heavy atom. The summed E-state index contributed by atoms with van der Waals surface area (Å²) in [6.07, 6.45) is 0.682. The van der Waals surface area contributed by atoms with E-state index in [1.165, 1.54) is 4.80 Å². The first-order chi connectivity index (χ1) is 12.5. The van der Waals surface area contributed by atoms with E-state index in [1.54, 1.807) is 11.9 Å². The van der Waals surface area contributed by atoms with Gasteiger partial charge in [-0.25, -0.2) is 4.79 Å². The minimum absolute atomic E-state index is 0.00899. The Morgan fingerprint density at radius 2 is 2.15 bits per heavy atom. The standard InChI is InChI=1S/C17H23N7O2/c1-4-18-16(25)13-7-8-24(10-13)17(26)19-14-9-12(6-5-11(14)2)15-20-22-23(3)21-15/h5-6,9,13H,4,7-8,10H2,1-3H3,(H,18,25)(H,19,26). The van der Waals surface area contributed by atoms with Crippen LogP contribution in [0.2, 0.25) is 0 Å². The van der Waals surface area contributed by atoms with Crippen molar-refractivity contribution in [2.75, 3.05) is 25.0 Å². The van der Waals surface area contributed by atoms with Crippen molar-refractivity contribution >= 4 is 17.6 Å². The molecule has 0 spiro atoms. The van der Waals surface area contributed by atoms with Crippen LogP contribution in [0.1, 0.15) is 18.9 Å². The molecule has 2 N–H and O–H groups in total. The third kappa shape index (κ3) is 3.81. The number of carbonyl (C=O) groups excluding carboxylic acids is 2. The highest BCUT2D eigenvalue weighted by Gasteiger charge is 2.30. The van der Waals surface area contributed by atoms with Crippen LogP contribution in [0.5, 0.6) is 0 Å². The molecule has 3 amide bonds. The summed E-state index contributed by atoms with van der Waals surface area (Å²) < 4.78 is 0. The molecule has 26 heavy (non-hydrogen) atoms. The van der Waals surface area contributed by atoms with E-state index in [1.807, 2.05) is 32.0 Å². The predicted octanol–water partition coefficient (Wildman–Crippen LogP) is 1.18. The van der Waals surface area contributed by atoms with Crippen LogP contribution < -0.4 is 10.6 Å². The molecule has 1 saturated heterocycles. The van der Waals surface area contributed by atoms with E-state index in [-0.39, 0.29) is 17.9 Å². The Balaban J connectivity index is 1.69. The van der Waals surface area contributed by atoms with Gasteiger partial charge in [-0.15, -0.1) is 10.2 Å². The summed E-state index contributed by atoms with van der Waals surface area (Å²) in [7, 11) is 1.70. The van der Waals surface area contributed by atoms with Crippen LogP contribution in [0.3, 0.4) is 0 Å². The zero-order valence-corrected chi connectivity index (χ0v) is 15.2. The Kier molecular flexibility index (Phi) is 5.15. The highest BCUT2D eigenvalue weighted by atomic mass is 16.2. The predicted molar refractivity (Wildman–Crippen MR) is 96.4 cm³/mol. The van der Waals surface area contributed by atoms with Gasteiger partial charge in [0.25, 0.3) is 0 Å². The zero-order valence-electron chi connectivity index (χ0n) is 15.2. The van der Waals surface area contributed by atoms with E-state index in [0.29, 0.717) is 37.6 Å². The molecule has 0 aliphatic carbocycles. The van der Waals surface area contributed by atoms with Crippen molar-refractivity contribution in [3.63, 3.8) is 0 Å². The number of amides is 3. The molecule has 2 heterocycles. The van der Waals surface area contributed by atoms with E-state index in [2.05, 4.69) is 26.0 Å². The van der Waals surface area contributed by atoms with Crippen LogP contribution in [0.4, 0.5) is 10.5 Å². The summed E-state index contributed by atoms with van der Waals surface area (Å²) in [6, 6.07) is 5.43. The fourth-order valence-corrected chi connectivity index (χ4v) is 2.97.